The van der Waals surface area contributed by atoms with Crippen LogP contribution in [0.1, 0.15) is 54.4 Å². The monoisotopic (exact) mass is 246 g/mol. The quantitative estimate of drug-likeness (QED) is 0.535. The van der Waals surface area contributed by atoms with Crippen molar-refractivity contribution >= 4 is 12.9 Å². The second kappa shape index (κ2) is 8.46. The standard InChI is InChI=1S/C15H30B2N/c1-7-14(16(9-3)10-4)15(8-2)17(11-5,12-6)13-18/h7-12H2,1-6H3/q-1/b15-14-. The van der Waals surface area contributed by atoms with Crippen LogP contribution in [0.25, 0.3) is 0 Å². The molecule has 0 amide bonds. The second-order valence-corrected chi connectivity index (χ2v) is 5.47. The number of nitrogens with zero attached hydrogens (tertiary/aromatic N) is 1. The lowest BCUT2D eigenvalue weighted by Gasteiger charge is -2.37. The van der Waals surface area contributed by atoms with Crippen molar-refractivity contribution in [3.05, 3.63) is 10.9 Å². The molecule has 0 aliphatic heterocycles. The molecule has 0 spiro atoms. The summed E-state index contributed by atoms with van der Waals surface area (Å²) in [6.07, 6.45) is 5.62. The third-order valence-electron chi connectivity index (χ3n) is 4.96. The average molecular weight is 246 g/mol. The molecule has 0 saturated carbocycles. The minimum atomic E-state index is -0.949. The van der Waals surface area contributed by atoms with Gasteiger partial charge in [0.1, 0.15) is 6.15 Å². The molecule has 3 heteroatoms. The van der Waals surface area contributed by atoms with Crippen LogP contribution in [0.15, 0.2) is 10.9 Å². The molecule has 0 aliphatic carbocycles. The van der Waals surface area contributed by atoms with Crippen LogP contribution in [-0.2, 0) is 0 Å². The molecular weight excluding hydrogens is 216 g/mol. The Balaban J connectivity index is 5.79. The van der Waals surface area contributed by atoms with E-state index in [0.29, 0.717) is 6.71 Å². The van der Waals surface area contributed by atoms with Crippen LogP contribution < -0.4 is 0 Å². The fourth-order valence-corrected chi connectivity index (χ4v) is 3.57. The van der Waals surface area contributed by atoms with Gasteiger partial charge in [-0.15, -0.1) is 5.47 Å². The van der Waals surface area contributed by atoms with E-state index in [-0.39, 0.29) is 0 Å². The maximum atomic E-state index is 9.69. The highest BCUT2D eigenvalue weighted by molar-refractivity contribution is 6.94. The van der Waals surface area contributed by atoms with E-state index in [0.717, 1.165) is 25.5 Å². The Kier molecular flexibility index (Phi) is 8.16. The summed E-state index contributed by atoms with van der Waals surface area (Å²) >= 11 is 0. The van der Waals surface area contributed by atoms with Gasteiger partial charge in [-0.25, -0.2) is 10.7 Å². The van der Waals surface area contributed by atoms with E-state index in [1.807, 2.05) is 0 Å². The number of hydrogen-bond donors (Lipinski definition) is 0. The normalized spacial score (nSPS) is 12.9. The third kappa shape index (κ3) is 3.44. The van der Waals surface area contributed by atoms with Crippen LogP contribution in [0.5, 0.6) is 0 Å². The van der Waals surface area contributed by atoms with Crippen LogP contribution in [0.2, 0.25) is 25.3 Å². The molecule has 0 unspecified atom stereocenters. The Morgan fingerprint density at radius 3 is 1.67 bits per heavy atom. The Morgan fingerprint density at radius 2 is 1.44 bits per heavy atom. The number of nitriles is 1. The summed E-state index contributed by atoms with van der Waals surface area (Å²) in [6, 6.07) is 0. The fraction of sp³-hybridized carbons (Fsp3) is 0.800. The van der Waals surface area contributed by atoms with E-state index in [9.17, 15) is 5.26 Å². The summed E-state index contributed by atoms with van der Waals surface area (Å²) in [5, 5.41) is 9.69. The Hall–Kier alpha value is -0.640. The van der Waals surface area contributed by atoms with Gasteiger partial charge in [-0.3, -0.25) is 0 Å². The lowest BCUT2D eigenvalue weighted by molar-refractivity contribution is 1.06. The van der Waals surface area contributed by atoms with Gasteiger partial charge in [0, 0.05) is 0 Å². The second-order valence-electron chi connectivity index (χ2n) is 5.47. The van der Waals surface area contributed by atoms with E-state index in [1.165, 1.54) is 18.1 Å². The molecule has 0 rings (SSSR count). The van der Waals surface area contributed by atoms with E-state index in [4.69, 9.17) is 0 Å². The highest BCUT2D eigenvalue weighted by Crippen LogP contribution is 2.32. The van der Waals surface area contributed by atoms with Crippen molar-refractivity contribution in [2.45, 2.75) is 79.7 Å². The van der Waals surface area contributed by atoms with Gasteiger partial charge in [-0.1, -0.05) is 60.6 Å². The summed E-state index contributed by atoms with van der Waals surface area (Å²) in [4.78, 5) is 0. The molecule has 0 bridgehead atoms. The molecule has 0 N–H and O–H groups in total. The van der Waals surface area contributed by atoms with Gasteiger partial charge in [0.15, 0.2) is 6.71 Å². The Morgan fingerprint density at radius 1 is 0.944 bits per heavy atom. The molecule has 0 aromatic heterocycles. The topological polar surface area (TPSA) is 23.8 Å². The number of hydrogen-bond acceptors (Lipinski definition) is 1. The third-order valence-corrected chi connectivity index (χ3v) is 4.96. The lowest BCUT2D eigenvalue weighted by Crippen LogP contribution is -2.37. The zero-order valence-corrected chi connectivity index (χ0v) is 13.3. The maximum Gasteiger partial charge on any atom is 0.165 e. The van der Waals surface area contributed by atoms with Crippen LogP contribution >= 0.6 is 0 Å². The molecule has 0 saturated heterocycles. The van der Waals surface area contributed by atoms with Crippen molar-refractivity contribution in [1.29, 1.82) is 5.26 Å². The van der Waals surface area contributed by atoms with Crippen LogP contribution in [0.3, 0.4) is 0 Å². The first kappa shape index (κ1) is 17.4. The smallest absolute Gasteiger partial charge is 0.165 e. The van der Waals surface area contributed by atoms with Crippen molar-refractivity contribution < 1.29 is 0 Å². The molecule has 0 fully saturated rings. The molecule has 18 heavy (non-hydrogen) atoms. The van der Waals surface area contributed by atoms with Gasteiger partial charge in [0.25, 0.3) is 0 Å². The van der Waals surface area contributed by atoms with Crippen molar-refractivity contribution in [2.24, 2.45) is 0 Å². The minimum Gasteiger partial charge on any atom is -0.249 e. The molecule has 0 atom stereocenters. The largest absolute Gasteiger partial charge is 0.249 e. The predicted molar refractivity (Wildman–Crippen MR) is 86.7 cm³/mol. The first-order valence-electron chi connectivity index (χ1n) is 7.92. The predicted octanol–water partition coefficient (Wildman–Crippen LogP) is 5.27. The highest BCUT2D eigenvalue weighted by Gasteiger charge is 2.27. The molecule has 1 nitrogen and oxygen atoms in total. The van der Waals surface area contributed by atoms with Gasteiger partial charge in [-0.2, -0.15) is 18.6 Å². The van der Waals surface area contributed by atoms with E-state index in [1.54, 1.807) is 5.47 Å². The summed E-state index contributed by atoms with van der Waals surface area (Å²) in [7, 11) is 0. The lowest BCUT2D eigenvalue weighted by atomic mass is 9.16. The van der Waals surface area contributed by atoms with E-state index >= 15 is 0 Å². The summed E-state index contributed by atoms with van der Waals surface area (Å²) in [6.45, 7) is 14.1. The van der Waals surface area contributed by atoms with Gasteiger partial charge >= 0.3 is 0 Å². The summed E-state index contributed by atoms with van der Waals surface area (Å²) in [5.74, 6) is 2.69. The van der Waals surface area contributed by atoms with Crippen LogP contribution in [-0.4, -0.2) is 12.9 Å². The van der Waals surface area contributed by atoms with Gasteiger partial charge in [0.05, 0.1) is 0 Å². The number of rotatable bonds is 8. The molecule has 0 heterocycles. The molecule has 0 aromatic rings. The van der Waals surface area contributed by atoms with Crippen LogP contribution in [0, 0.1) is 11.2 Å². The van der Waals surface area contributed by atoms with Crippen molar-refractivity contribution in [2.75, 3.05) is 0 Å². The fourth-order valence-electron chi connectivity index (χ4n) is 3.57. The van der Waals surface area contributed by atoms with E-state index in [2.05, 4.69) is 47.5 Å². The zero-order chi connectivity index (χ0) is 14.2. The van der Waals surface area contributed by atoms with Crippen molar-refractivity contribution in [1.82, 2.24) is 0 Å². The SMILES string of the molecule is CCB(CC)/C(CC)=C(/CC)[B-](C#N)(CC)CC. The molecule has 0 radical (unpaired) electrons. The van der Waals surface area contributed by atoms with Gasteiger partial charge in [0.2, 0.25) is 0 Å². The molecule has 102 valence electrons. The first-order chi connectivity index (χ1) is 8.60. The van der Waals surface area contributed by atoms with Crippen molar-refractivity contribution in [3.63, 3.8) is 0 Å². The Labute approximate surface area is 115 Å². The zero-order valence-electron chi connectivity index (χ0n) is 13.3. The highest BCUT2D eigenvalue weighted by atomic mass is 14.2. The molecule has 0 aromatic carbocycles. The van der Waals surface area contributed by atoms with E-state index < -0.39 is 6.15 Å². The first-order valence-corrected chi connectivity index (χ1v) is 7.92. The maximum absolute atomic E-state index is 9.69. The average Bonchev–Trinajstić information content (AvgIpc) is 2.43. The summed E-state index contributed by atoms with van der Waals surface area (Å²) in [5.41, 5.74) is 3.09. The molecule has 0 aliphatic rings. The number of allylic oxidation sites excluding steroid dienone is 2. The minimum absolute atomic E-state index is 0.678. The van der Waals surface area contributed by atoms with Crippen LogP contribution in [0.4, 0.5) is 0 Å². The summed E-state index contributed by atoms with van der Waals surface area (Å²) < 4.78 is 0. The van der Waals surface area contributed by atoms with Gasteiger partial charge in [-0.05, 0) is 6.42 Å². The molecular formula is C15H30B2N-. The van der Waals surface area contributed by atoms with Gasteiger partial charge < -0.3 is 0 Å². The van der Waals surface area contributed by atoms with Crippen molar-refractivity contribution in [3.8, 4) is 5.97 Å². The Bertz CT molecular complexity index is 307.